The van der Waals surface area contributed by atoms with Crippen LogP contribution in [0.5, 0.6) is 0 Å². The summed E-state index contributed by atoms with van der Waals surface area (Å²) < 4.78 is 1.56. The van der Waals surface area contributed by atoms with Crippen LogP contribution >= 0.6 is 23.1 Å². The highest BCUT2D eigenvalue weighted by Crippen LogP contribution is 2.21. The zero-order valence-corrected chi connectivity index (χ0v) is 18.7. The number of nitrogens with one attached hydrogen (secondary N) is 1. The molecule has 0 saturated carbocycles. The summed E-state index contributed by atoms with van der Waals surface area (Å²) in [6.07, 6.45) is 0. The largest absolute Gasteiger partial charge is 0.272 e. The Morgan fingerprint density at radius 2 is 1.90 bits per heavy atom. The van der Waals surface area contributed by atoms with Crippen LogP contribution in [0.2, 0.25) is 0 Å². The number of hydrogen-bond donors (Lipinski definition) is 1. The number of nitrogens with zero attached hydrogens (tertiary/aromatic N) is 3. The van der Waals surface area contributed by atoms with Gasteiger partial charge in [0.15, 0.2) is 5.16 Å². The van der Waals surface area contributed by atoms with Gasteiger partial charge in [0.25, 0.3) is 11.5 Å². The van der Waals surface area contributed by atoms with Crippen molar-refractivity contribution < 1.29 is 4.79 Å². The van der Waals surface area contributed by atoms with Gasteiger partial charge in [-0.15, -0.1) is 11.3 Å². The second-order valence-corrected chi connectivity index (χ2v) is 8.78. The monoisotopic (exact) mass is 448 g/mol. The Balaban J connectivity index is 1.61. The average Bonchev–Trinajstić information content (AvgIpc) is 3.32. The molecule has 0 atom stereocenters. The van der Waals surface area contributed by atoms with E-state index >= 15 is 0 Å². The van der Waals surface area contributed by atoms with E-state index in [2.05, 4.69) is 15.5 Å². The standard InChI is InChI=1S/C23H20N4O2S2/c1-15-9-11-17(12-10-15)27-22(29)18-6-3-4-7-19(18)24-23(27)31-14-21(28)26-25-16(2)20-8-5-13-30-20/h3-13H,14H2,1-2H3,(H,26,28)/b25-16+. The van der Waals surface area contributed by atoms with Crippen LogP contribution in [0.1, 0.15) is 17.4 Å². The lowest BCUT2D eigenvalue weighted by Gasteiger charge is -2.13. The molecule has 31 heavy (non-hydrogen) atoms. The summed E-state index contributed by atoms with van der Waals surface area (Å²) in [5, 5.41) is 7.12. The molecule has 0 aliphatic rings. The molecule has 8 heteroatoms. The molecule has 0 spiro atoms. The lowest BCUT2D eigenvalue weighted by Crippen LogP contribution is -2.24. The van der Waals surface area contributed by atoms with Crippen LogP contribution in [0, 0.1) is 6.92 Å². The Morgan fingerprint density at radius 1 is 1.13 bits per heavy atom. The number of hydrazone groups is 1. The average molecular weight is 449 g/mol. The molecule has 0 fully saturated rings. The summed E-state index contributed by atoms with van der Waals surface area (Å²) in [7, 11) is 0. The number of hydrogen-bond acceptors (Lipinski definition) is 6. The Hall–Kier alpha value is -3.23. The normalized spacial score (nSPS) is 11.6. The number of aryl methyl sites for hydroxylation is 1. The number of benzene rings is 2. The molecule has 0 aliphatic heterocycles. The van der Waals surface area contributed by atoms with Gasteiger partial charge in [-0.3, -0.25) is 14.2 Å². The highest BCUT2D eigenvalue weighted by molar-refractivity contribution is 7.99. The zero-order chi connectivity index (χ0) is 21.8. The molecule has 1 N–H and O–H groups in total. The third kappa shape index (κ3) is 4.76. The van der Waals surface area contributed by atoms with Crippen LogP contribution in [0.3, 0.4) is 0 Å². The summed E-state index contributed by atoms with van der Waals surface area (Å²) in [6.45, 7) is 3.84. The molecular formula is C23H20N4O2S2. The molecule has 4 aromatic rings. The van der Waals surface area contributed by atoms with E-state index < -0.39 is 0 Å². The molecule has 6 nitrogen and oxygen atoms in total. The van der Waals surface area contributed by atoms with Gasteiger partial charge >= 0.3 is 0 Å². The lowest BCUT2D eigenvalue weighted by molar-refractivity contribution is -0.118. The number of fused-ring (bicyclic) bond motifs is 1. The fraction of sp³-hybridized carbons (Fsp3) is 0.130. The Bertz CT molecular complexity index is 1310. The van der Waals surface area contributed by atoms with Crippen molar-refractivity contribution in [2.75, 3.05) is 5.75 Å². The smallest absolute Gasteiger partial charge is 0.266 e. The number of carbonyl (C=O) groups is 1. The van der Waals surface area contributed by atoms with E-state index in [0.717, 1.165) is 16.2 Å². The molecule has 0 radical (unpaired) electrons. The second-order valence-electron chi connectivity index (χ2n) is 6.89. The summed E-state index contributed by atoms with van der Waals surface area (Å²) in [6, 6.07) is 18.8. The Kier molecular flexibility index (Phi) is 6.29. The first-order valence-corrected chi connectivity index (χ1v) is 11.5. The van der Waals surface area contributed by atoms with Crippen LogP contribution in [-0.4, -0.2) is 26.9 Å². The summed E-state index contributed by atoms with van der Waals surface area (Å²) in [5.74, 6) is -0.184. The van der Waals surface area contributed by atoms with Gasteiger partial charge in [-0.2, -0.15) is 5.10 Å². The van der Waals surface area contributed by atoms with E-state index in [1.54, 1.807) is 28.0 Å². The van der Waals surface area contributed by atoms with E-state index in [1.807, 2.05) is 67.8 Å². The van der Waals surface area contributed by atoms with Gasteiger partial charge in [-0.1, -0.05) is 47.7 Å². The van der Waals surface area contributed by atoms with Gasteiger partial charge in [0, 0.05) is 4.88 Å². The fourth-order valence-electron chi connectivity index (χ4n) is 2.98. The first-order valence-electron chi connectivity index (χ1n) is 9.61. The maximum Gasteiger partial charge on any atom is 0.266 e. The van der Waals surface area contributed by atoms with Crippen molar-refractivity contribution in [3.63, 3.8) is 0 Å². The van der Waals surface area contributed by atoms with Crippen molar-refractivity contribution in [2.45, 2.75) is 19.0 Å². The van der Waals surface area contributed by atoms with Gasteiger partial charge in [0.1, 0.15) is 0 Å². The molecule has 4 rings (SSSR count). The number of carbonyl (C=O) groups excluding carboxylic acids is 1. The molecule has 2 aromatic heterocycles. The number of aromatic nitrogens is 2. The number of thiophene rings is 1. The Labute approximate surface area is 187 Å². The van der Waals surface area contributed by atoms with E-state index in [4.69, 9.17) is 0 Å². The molecule has 2 aromatic carbocycles. The SMILES string of the molecule is C/C(=N\NC(=O)CSc1nc2ccccc2c(=O)n1-c1ccc(C)cc1)c1cccs1. The van der Waals surface area contributed by atoms with Crippen molar-refractivity contribution in [3.05, 3.63) is 86.8 Å². The summed E-state index contributed by atoms with van der Waals surface area (Å²) >= 11 is 2.77. The summed E-state index contributed by atoms with van der Waals surface area (Å²) in [5.41, 5.74) is 5.57. The van der Waals surface area contributed by atoms with Crippen molar-refractivity contribution in [1.82, 2.24) is 15.0 Å². The molecule has 2 heterocycles. The van der Waals surface area contributed by atoms with Gasteiger partial charge in [-0.25, -0.2) is 10.4 Å². The maximum atomic E-state index is 13.2. The van der Waals surface area contributed by atoms with E-state index in [-0.39, 0.29) is 17.2 Å². The molecule has 0 saturated heterocycles. The van der Waals surface area contributed by atoms with E-state index in [9.17, 15) is 9.59 Å². The third-order valence-corrected chi connectivity index (χ3v) is 6.51. The number of thioether (sulfide) groups is 1. The predicted octanol–water partition coefficient (Wildman–Crippen LogP) is 4.39. The lowest BCUT2D eigenvalue weighted by atomic mass is 10.2. The van der Waals surface area contributed by atoms with E-state index in [0.29, 0.717) is 21.7 Å². The molecule has 0 bridgehead atoms. The number of para-hydroxylation sites is 1. The topological polar surface area (TPSA) is 76.3 Å². The maximum absolute atomic E-state index is 13.2. The van der Waals surface area contributed by atoms with Crippen LogP contribution in [0.15, 0.2) is 81.1 Å². The van der Waals surface area contributed by atoms with Crippen molar-refractivity contribution in [2.24, 2.45) is 5.10 Å². The third-order valence-electron chi connectivity index (χ3n) is 4.60. The number of amides is 1. The van der Waals surface area contributed by atoms with Crippen LogP contribution in [0.4, 0.5) is 0 Å². The van der Waals surface area contributed by atoms with Gasteiger partial charge < -0.3 is 0 Å². The molecule has 0 aliphatic carbocycles. The van der Waals surface area contributed by atoms with Crippen LogP contribution in [0.25, 0.3) is 16.6 Å². The second kappa shape index (κ2) is 9.28. The Morgan fingerprint density at radius 3 is 2.65 bits per heavy atom. The first kappa shape index (κ1) is 21.0. The van der Waals surface area contributed by atoms with Gasteiger partial charge in [-0.05, 0) is 49.6 Å². The molecule has 0 unspecified atom stereocenters. The van der Waals surface area contributed by atoms with E-state index in [1.165, 1.54) is 11.8 Å². The first-order chi connectivity index (χ1) is 15.0. The van der Waals surface area contributed by atoms with Crippen molar-refractivity contribution >= 4 is 45.6 Å². The van der Waals surface area contributed by atoms with Gasteiger partial charge in [0.2, 0.25) is 0 Å². The van der Waals surface area contributed by atoms with Crippen LogP contribution in [-0.2, 0) is 4.79 Å². The fourth-order valence-corrected chi connectivity index (χ4v) is 4.46. The highest BCUT2D eigenvalue weighted by atomic mass is 32.2. The minimum Gasteiger partial charge on any atom is -0.272 e. The van der Waals surface area contributed by atoms with Crippen molar-refractivity contribution in [3.8, 4) is 5.69 Å². The molecular weight excluding hydrogens is 428 g/mol. The minimum atomic E-state index is -0.265. The van der Waals surface area contributed by atoms with Crippen LogP contribution < -0.4 is 11.0 Å². The minimum absolute atomic E-state index is 0.0812. The zero-order valence-electron chi connectivity index (χ0n) is 17.0. The predicted molar refractivity (Wildman–Crippen MR) is 127 cm³/mol. The highest BCUT2D eigenvalue weighted by Gasteiger charge is 2.14. The molecule has 1 amide bonds. The van der Waals surface area contributed by atoms with Gasteiger partial charge in [0.05, 0.1) is 28.1 Å². The molecule has 156 valence electrons. The van der Waals surface area contributed by atoms with Crippen molar-refractivity contribution in [1.29, 1.82) is 0 Å². The summed E-state index contributed by atoms with van der Waals surface area (Å²) in [4.78, 5) is 31.2. The quantitative estimate of drug-likeness (QED) is 0.205. The number of rotatable bonds is 6.